The average Bonchev–Trinajstić information content (AvgIpc) is 3.69. The number of thioether (sulfide) groups is 1. The summed E-state index contributed by atoms with van der Waals surface area (Å²) in [5.74, 6) is 0.166. The highest BCUT2D eigenvalue weighted by atomic mass is 35.5. The van der Waals surface area contributed by atoms with Gasteiger partial charge < -0.3 is 4.57 Å². The van der Waals surface area contributed by atoms with Crippen LogP contribution in [0.3, 0.4) is 0 Å². The second-order valence-corrected chi connectivity index (χ2v) is 13.6. The number of rotatable bonds is 8. The van der Waals surface area contributed by atoms with Crippen molar-refractivity contribution in [3.8, 4) is 22.5 Å². The fourth-order valence-corrected chi connectivity index (χ4v) is 6.55. The van der Waals surface area contributed by atoms with Gasteiger partial charge in [0, 0.05) is 57.2 Å². The third-order valence-corrected chi connectivity index (χ3v) is 9.10. The average molecular weight is 610 g/mol. The quantitative estimate of drug-likeness (QED) is 0.141. The summed E-state index contributed by atoms with van der Waals surface area (Å²) in [6.45, 7) is 5.35. The molecule has 5 rings (SSSR count). The van der Waals surface area contributed by atoms with Crippen molar-refractivity contribution in [1.82, 2.24) is 24.3 Å². The second kappa shape index (κ2) is 11.6. The molecule has 0 unspecified atom stereocenters. The van der Waals surface area contributed by atoms with Crippen LogP contribution in [0.1, 0.15) is 40.2 Å². The third-order valence-electron chi connectivity index (χ3n) is 5.83. The Hall–Kier alpha value is -3.38. The number of aromatic nitrogens is 5. The highest BCUT2D eigenvalue weighted by Gasteiger charge is 2.28. The highest BCUT2D eigenvalue weighted by Crippen LogP contribution is 2.35. The minimum Gasteiger partial charge on any atom is -0.307 e. The molecule has 0 radical (unpaired) electrons. The molecule has 0 bridgehead atoms. The smallest absolute Gasteiger partial charge is 0.253 e. The van der Waals surface area contributed by atoms with E-state index in [4.69, 9.17) is 16.7 Å². The number of Topliss-reactive ketones (excluding diaryl/α,β-unsaturated/α-hetero) is 1. The molecular weight excluding hydrogens is 586 g/mol. The Morgan fingerprint density at radius 1 is 1.02 bits per heavy atom. The molecule has 12 heteroatoms. The van der Waals surface area contributed by atoms with Gasteiger partial charge in [-0.3, -0.25) is 19.4 Å². The largest absolute Gasteiger partial charge is 0.307 e. The van der Waals surface area contributed by atoms with Gasteiger partial charge in [0.15, 0.2) is 5.01 Å². The molecule has 0 saturated carbocycles. The van der Waals surface area contributed by atoms with Gasteiger partial charge in [-0.2, -0.15) is 9.78 Å². The van der Waals surface area contributed by atoms with Crippen molar-refractivity contribution in [3.05, 3.63) is 91.0 Å². The maximum atomic E-state index is 13.5. The fraction of sp³-hybridized carbons (Fsp3) is 0.214. The number of thiazole rings is 1. The van der Waals surface area contributed by atoms with Crippen LogP contribution in [0.4, 0.5) is 0 Å². The van der Waals surface area contributed by atoms with Crippen LogP contribution >= 0.6 is 46.0 Å². The van der Waals surface area contributed by atoms with Crippen molar-refractivity contribution >= 4 is 57.7 Å². The Bertz CT molecular complexity index is 1730. The van der Waals surface area contributed by atoms with E-state index in [9.17, 15) is 14.4 Å². The van der Waals surface area contributed by atoms with Crippen LogP contribution in [0.15, 0.2) is 76.3 Å². The van der Waals surface area contributed by atoms with Crippen LogP contribution in [0.25, 0.3) is 22.5 Å². The molecule has 0 atom stereocenters. The molecule has 0 aromatic carbocycles. The lowest BCUT2D eigenvalue weighted by Crippen LogP contribution is -2.28. The first-order valence-corrected chi connectivity index (χ1v) is 15.3. The van der Waals surface area contributed by atoms with Crippen LogP contribution in [0.2, 0.25) is 4.34 Å². The standard InChI is InChI=1S/C28H24ClN5O3S3/c1-28(2,3)27(37)34-25(39-16-17-7-8-23(29)40-17)13-21(32-34)19-14-33(15-22(35)26-31-10-11-38-26)24(36)12-18(19)20-6-4-5-9-30-20/h4-14H,15-16H2,1-3H3. The summed E-state index contributed by atoms with van der Waals surface area (Å²) < 4.78 is 3.47. The monoisotopic (exact) mass is 609 g/mol. The van der Waals surface area contributed by atoms with Gasteiger partial charge in [0.25, 0.3) is 11.5 Å². The molecular formula is C28H24ClN5O3S3. The first-order valence-electron chi connectivity index (χ1n) is 12.2. The topological polar surface area (TPSA) is 99.7 Å². The Morgan fingerprint density at radius 3 is 2.50 bits per heavy atom. The minimum absolute atomic E-state index is 0.169. The molecule has 0 fully saturated rings. The molecule has 0 amide bonds. The predicted molar refractivity (Wildman–Crippen MR) is 161 cm³/mol. The van der Waals surface area contributed by atoms with Gasteiger partial charge in [-0.15, -0.1) is 34.4 Å². The van der Waals surface area contributed by atoms with Crippen molar-refractivity contribution < 1.29 is 9.59 Å². The summed E-state index contributed by atoms with van der Waals surface area (Å²) in [5, 5.41) is 7.44. The lowest BCUT2D eigenvalue weighted by atomic mass is 9.96. The number of carbonyl (C=O) groups excluding carboxylic acids is 2. The van der Waals surface area contributed by atoms with Gasteiger partial charge in [0.05, 0.1) is 22.3 Å². The Balaban J connectivity index is 1.62. The van der Waals surface area contributed by atoms with Crippen molar-refractivity contribution in [3.63, 3.8) is 0 Å². The third kappa shape index (κ3) is 6.17. The fourth-order valence-electron chi connectivity index (χ4n) is 3.85. The number of ketones is 1. The molecule has 40 heavy (non-hydrogen) atoms. The molecule has 8 nitrogen and oxygen atoms in total. The molecule has 0 aliphatic heterocycles. The van der Waals surface area contributed by atoms with Crippen LogP contribution in [0.5, 0.6) is 0 Å². The molecule has 5 heterocycles. The molecule has 5 aromatic rings. The predicted octanol–water partition coefficient (Wildman–Crippen LogP) is 6.81. The van der Waals surface area contributed by atoms with E-state index in [2.05, 4.69) is 9.97 Å². The van der Waals surface area contributed by atoms with E-state index in [1.165, 1.54) is 49.8 Å². The van der Waals surface area contributed by atoms with Gasteiger partial charge >= 0.3 is 0 Å². The molecule has 0 saturated heterocycles. The Morgan fingerprint density at radius 2 is 1.85 bits per heavy atom. The summed E-state index contributed by atoms with van der Waals surface area (Å²) in [4.78, 5) is 49.0. The number of pyridine rings is 2. The van der Waals surface area contributed by atoms with E-state index in [0.717, 1.165) is 4.88 Å². The molecule has 0 aliphatic rings. The zero-order valence-electron chi connectivity index (χ0n) is 21.8. The summed E-state index contributed by atoms with van der Waals surface area (Å²) in [6.07, 6.45) is 4.81. The number of hydrogen-bond donors (Lipinski definition) is 0. The number of thiophene rings is 1. The Labute approximate surface area is 247 Å². The Kier molecular flexibility index (Phi) is 8.18. The van der Waals surface area contributed by atoms with Crippen LogP contribution in [0, 0.1) is 5.41 Å². The maximum absolute atomic E-state index is 13.5. The van der Waals surface area contributed by atoms with Crippen molar-refractivity contribution in [2.45, 2.75) is 38.1 Å². The van der Waals surface area contributed by atoms with Crippen LogP contribution in [-0.4, -0.2) is 36.0 Å². The summed E-state index contributed by atoms with van der Waals surface area (Å²) in [5.41, 5.74) is 1.15. The number of carbonyl (C=O) groups is 2. The number of halogens is 1. The highest BCUT2D eigenvalue weighted by molar-refractivity contribution is 7.98. The maximum Gasteiger partial charge on any atom is 0.253 e. The van der Waals surface area contributed by atoms with Gasteiger partial charge in [0.1, 0.15) is 5.03 Å². The van der Waals surface area contributed by atoms with E-state index in [1.807, 2.05) is 45.0 Å². The number of nitrogens with zero attached hydrogens (tertiary/aromatic N) is 5. The van der Waals surface area contributed by atoms with Crippen LogP contribution < -0.4 is 5.56 Å². The molecule has 0 N–H and O–H groups in total. The van der Waals surface area contributed by atoms with Gasteiger partial charge in [-0.05, 0) is 30.3 Å². The van der Waals surface area contributed by atoms with E-state index >= 15 is 0 Å². The van der Waals surface area contributed by atoms with Crippen LogP contribution in [-0.2, 0) is 12.3 Å². The van der Waals surface area contributed by atoms with Crippen molar-refractivity contribution in [2.24, 2.45) is 5.41 Å². The van der Waals surface area contributed by atoms with Gasteiger partial charge in [-0.25, -0.2) is 4.98 Å². The second-order valence-electron chi connectivity index (χ2n) is 9.87. The van der Waals surface area contributed by atoms with E-state index in [0.29, 0.717) is 42.6 Å². The molecule has 0 spiro atoms. The molecule has 204 valence electrons. The zero-order chi connectivity index (χ0) is 28.4. The van der Waals surface area contributed by atoms with E-state index in [-0.39, 0.29) is 23.8 Å². The van der Waals surface area contributed by atoms with E-state index in [1.54, 1.807) is 36.1 Å². The molecule has 5 aromatic heterocycles. The zero-order valence-corrected chi connectivity index (χ0v) is 25.0. The minimum atomic E-state index is -0.687. The normalized spacial score (nSPS) is 11.6. The van der Waals surface area contributed by atoms with Gasteiger partial charge in [0.2, 0.25) is 5.78 Å². The van der Waals surface area contributed by atoms with Gasteiger partial charge in [-0.1, -0.05) is 38.4 Å². The van der Waals surface area contributed by atoms with Crippen molar-refractivity contribution in [1.29, 1.82) is 0 Å². The SMILES string of the molecule is CC(C)(C)C(=O)n1nc(-c2cn(CC(=O)c3nccs3)c(=O)cc2-c2ccccn2)cc1SCc1ccc(Cl)s1. The lowest BCUT2D eigenvalue weighted by molar-refractivity contribution is 0.0736. The summed E-state index contributed by atoms with van der Waals surface area (Å²) >= 11 is 10.3. The lowest BCUT2D eigenvalue weighted by Gasteiger charge is -2.17. The summed E-state index contributed by atoms with van der Waals surface area (Å²) in [6, 6.07) is 12.5. The van der Waals surface area contributed by atoms with Crippen molar-refractivity contribution in [2.75, 3.05) is 0 Å². The first kappa shape index (κ1) is 28.2. The number of hydrogen-bond acceptors (Lipinski definition) is 9. The summed E-state index contributed by atoms with van der Waals surface area (Å²) in [7, 11) is 0. The van der Waals surface area contributed by atoms with E-state index < -0.39 is 5.41 Å². The molecule has 0 aliphatic carbocycles. The first-order chi connectivity index (χ1) is 19.1.